The first-order valence-corrected chi connectivity index (χ1v) is 8.64. The van der Waals surface area contributed by atoms with Crippen molar-refractivity contribution in [3.05, 3.63) is 48.1 Å². The zero-order valence-electron chi connectivity index (χ0n) is 16.6. The van der Waals surface area contributed by atoms with Gasteiger partial charge >= 0.3 is 5.97 Å². The van der Waals surface area contributed by atoms with Crippen LogP contribution in [0.3, 0.4) is 0 Å². The summed E-state index contributed by atoms with van der Waals surface area (Å²) < 4.78 is 17.2. The zero-order chi connectivity index (χ0) is 19.3. The van der Waals surface area contributed by atoms with Gasteiger partial charge in [0.25, 0.3) is 0 Å². The summed E-state index contributed by atoms with van der Waals surface area (Å²) in [5.41, 5.74) is 0.789. The molecule has 0 saturated carbocycles. The van der Waals surface area contributed by atoms with E-state index in [0.717, 1.165) is 5.57 Å². The number of methoxy groups -OCH3 is 1. The van der Waals surface area contributed by atoms with Gasteiger partial charge in [-0.3, -0.25) is 0 Å². The zero-order valence-corrected chi connectivity index (χ0v) is 16.6. The van der Waals surface area contributed by atoms with Crippen molar-refractivity contribution in [1.82, 2.24) is 0 Å². The molecule has 4 nitrogen and oxygen atoms in total. The minimum atomic E-state index is -0.575. The van der Waals surface area contributed by atoms with Crippen molar-refractivity contribution >= 4 is 5.97 Å². The molecule has 0 radical (unpaired) electrons. The highest BCUT2D eigenvalue weighted by atomic mass is 16.6. The minimum absolute atomic E-state index is 0.130. The van der Waals surface area contributed by atoms with Crippen LogP contribution in [0.15, 0.2) is 48.1 Å². The van der Waals surface area contributed by atoms with Gasteiger partial charge in [0.1, 0.15) is 12.2 Å². The van der Waals surface area contributed by atoms with Gasteiger partial charge in [-0.1, -0.05) is 42.5 Å². The fourth-order valence-corrected chi connectivity index (χ4v) is 2.47. The number of allylic oxidation sites excluding steroid dienone is 5. The third-order valence-electron chi connectivity index (χ3n) is 4.61. The van der Waals surface area contributed by atoms with Gasteiger partial charge in [0, 0.05) is 19.1 Å². The summed E-state index contributed by atoms with van der Waals surface area (Å²) in [6.07, 6.45) is 9.42. The highest BCUT2D eigenvalue weighted by Gasteiger charge is 2.55. The Kier molecular flexibility index (Phi) is 7.39. The van der Waals surface area contributed by atoms with Crippen LogP contribution < -0.4 is 0 Å². The SMILES string of the molecule is C=C/C(C)=C/C=C/C(C)(CC(OC(=O)/C(C)=C/C)C1OC1(C)C)OC. The molecule has 3 unspecified atom stereocenters. The maximum absolute atomic E-state index is 12.2. The Hall–Kier alpha value is -1.65. The smallest absolute Gasteiger partial charge is 0.333 e. The summed E-state index contributed by atoms with van der Waals surface area (Å²) in [5.74, 6) is -0.316. The monoisotopic (exact) mass is 348 g/mol. The molecule has 0 aromatic rings. The molecule has 0 bridgehead atoms. The van der Waals surface area contributed by atoms with E-state index in [-0.39, 0.29) is 23.8 Å². The molecule has 0 aromatic heterocycles. The molecule has 25 heavy (non-hydrogen) atoms. The van der Waals surface area contributed by atoms with Gasteiger partial charge in [-0.05, 0) is 41.5 Å². The van der Waals surface area contributed by atoms with Crippen LogP contribution in [-0.2, 0) is 19.0 Å². The van der Waals surface area contributed by atoms with Crippen molar-refractivity contribution in [2.75, 3.05) is 7.11 Å². The van der Waals surface area contributed by atoms with Crippen molar-refractivity contribution in [3.63, 3.8) is 0 Å². The number of hydrogen-bond acceptors (Lipinski definition) is 4. The lowest BCUT2D eigenvalue weighted by Crippen LogP contribution is -2.37. The number of epoxide rings is 1. The van der Waals surface area contributed by atoms with Gasteiger partial charge in [-0.25, -0.2) is 4.79 Å². The second kappa shape index (κ2) is 8.63. The Labute approximate surface area is 152 Å². The van der Waals surface area contributed by atoms with Crippen LogP contribution in [0.4, 0.5) is 0 Å². The molecule has 0 aromatic carbocycles. The summed E-state index contributed by atoms with van der Waals surface area (Å²) in [6, 6.07) is 0. The molecular weight excluding hydrogens is 316 g/mol. The maximum atomic E-state index is 12.2. The van der Waals surface area contributed by atoms with Crippen molar-refractivity contribution in [2.45, 2.75) is 71.4 Å². The van der Waals surface area contributed by atoms with Gasteiger partial charge in [0.15, 0.2) is 0 Å². The van der Waals surface area contributed by atoms with E-state index in [4.69, 9.17) is 14.2 Å². The second-order valence-electron chi connectivity index (χ2n) is 7.25. The molecule has 1 fully saturated rings. The normalized spacial score (nSPS) is 23.9. The molecule has 0 N–H and O–H groups in total. The molecule has 3 atom stereocenters. The van der Waals surface area contributed by atoms with E-state index < -0.39 is 5.60 Å². The summed E-state index contributed by atoms with van der Waals surface area (Å²) in [7, 11) is 1.66. The van der Waals surface area contributed by atoms with E-state index in [1.165, 1.54) is 0 Å². The number of ether oxygens (including phenoxy) is 3. The summed E-state index contributed by atoms with van der Waals surface area (Å²) in [4.78, 5) is 12.2. The van der Waals surface area contributed by atoms with Crippen LogP contribution in [0.2, 0.25) is 0 Å². The van der Waals surface area contributed by atoms with Crippen LogP contribution in [0.25, 0.3) is 0 Å². The van der Waals surface area contributed by atoms with E-state index >= 15 is 0 Å². The number of rotatable bonds is 9. The van der Waals surface area contributed by atoms with Crippen LogP contribution in [0.5, 0.6) is 0 Å². The van der Waals surface area contributed by atoms with E-state index in [9.17, 15) is 4.79 Å². The number of hydrogen-bond donors (Lipinski definition) is 0. The molecule has 140 valence electrons. The number of carbonyl (C=O) groups is 1. The number of carbonyl (C=O) groups excluding carboxylic acids is 1. The average molecular weight is 348 g/mol. The predicted molar refractivity (Wildman–Crippen MR) is 101 cm³/mol. The lowest BCUT2D eigenvalue weighted by Gasteiger charge is -2.29. The average Bonchev–Trinajstić information content (AvgIpc) is 3.21. The largest absolute Gasteiger partial charge is 0.456 e. The lowest BCUT2D eigenvalue weighted by molar-refractivity contribution is -0.148. The van der Waals surface area contributed by atoms with Gasteiger partial charge in [0.05, 0.1) is 11.2 Å². The van der Waals surface area contributed by atoms with Gasteiger partial charge in [0.2, 0.25) is 0 Å². The van der Waals surface area contributed by atoms with Crippen LogP contribution in [-0.4, -0.2) is 36.5 Å². The third-order valence-corrected chi connectivity index (χ3v) is 4.61. The molecule has 0 aliphatic carbocycles. The summed E-state index contributed by atoms with van der Waals surface area (Å²) in [6.45, 7) is 15.2. The Morgan fingerprint density at radius 3 is 2.44 bits per heavy atom. The van der Waals surface area contributed by atoms with Gasteiger partial charge in [-0.15, -0.1) is 0 Å². The Bertz CT molecular complexity index is 583. The molecule has 0 amide bonds. The van der Waals surface area contributed by atoms with E-state index in [1.54, 1.807) is 26.2 Å². The molecule has 4 heteroatoms. The van der Waals surface area contributed by atoms with E-state index in [2.05, 4.69) is 6.58 Å². The minimum Gasteiger partial charge on any atom is -0.456 e. The standard InChI is InChI=1S/C21H32O4/c1-9-15(3)12-11-13-21(7,23-8)14-17(18-20(5,6)25-18)24-19(22)16(4)10-2/h9-13,17-18H,1,14H2,2-8H3/b13-11+,15-12+,16-10+. The van der Waals surface area contributed by atoms with Crippen molar-refractivity contribution in [2.24, 2.45) is 0 Å². The summed E-state index contributed by atoms with van der Waals surface area (Å²) in [5, 5.41) is 0. The fourth-order valence-electron chi connectivity index (χ4n) is 2.47. The van der Waals surface area contributed by atoms with Crippen LogP contribution in [0.1, 0.15) is 48.0 Å². The predicted octanol–water partition coefficient (Wildman–Crippen LogP) is 4.53. The first-order chi connectivity index (χ1) is 11.6. The van der Waals surface area contributed by atoms with Crippen LogP contribution >= 0.6 is 0 Å². The molecule has 1 rings (SSSR count). The van der Waals surface area contributed by atoms with Crippen molar-refractivity contribution in [3.8, 4) is 0 Å². The quantitative estimate of drug-likeness (QED) is 0.266. The third kappa shape index (κ3) is 6.29. The van der Waals surface area contributed by atoms with Crippen LogP contribution in [0, 0.1) is 0 Å². The number of esters is 1. The molecule has 0 spiro atoms. The Morgan fingerprint density at radius 2 is 2.00 bits per heavy atom. The van der Waals surface area contributed by atoms with Gasteiger partial charge < -0.3 is 14.2 Å². The highest BCUT2D eigenvalue weighted by molar-refractivity contribution is 5.87. The molecule has 1 saturated heterocycles. The van der Waals surface area contributed by atoms with E-state index in [0.29, 0.717) is 12.0 Å². The first-order valence-electron chi connectivity index (χ1n) is 8.64. The summed E-state index contributed by atoms with van der Waals surface area (Å²) >= 11 is 0. The lowest BCUT2D eigenvalue weighted by atomic mass is 9.92. The molecule has 1 aliphatic heterocycles. The first kappa shape index (κ1) is 21.4. The highest BCUT2D eigenvalue weighted by Crippen LogP contribution is 2.42. The Balaban J connectivity index is 2.94. The second-order valence-corrected chi connectivity index (χ2v) is 7.25. The molecule has 1 aliphatic rings. The maximum Gasteiger partial charge on any atom is 0.333 e. The Morgan fingerprint density at radius 1 is 1.40 bits per heavy atom. The van der Waals surface area contributed by atoms with Crippen molar-refractivity contribution in [1.29, 1.82) is 0 Å². The molecule has 1 heterocycles. The molecular formula is C21H32O4. The fraction of sp³-hybridized carbons (Fsp3) is 0.571. The van der Waals surface area contributed by atoms with E-state index in [1.807, 2.05) is 52.8 Å². The van der Waals surface area contributed by atoms with Crippen molar-refractivity contribution < 1.29 is 19.0 Å². The van der Waals surface area contributed by atoms with Gasteiger partial charge in [-0.2, -0.15) is 0 Å². The topological polar surface area (TPSA) is 48.1 Å².